The molecule has 0 atom stereocenters. The van der Waals surface area contributed by atoms with Crippen molar-refractivity contribution in [2.75, 3.05) is 5.32 Å². The molecule has 110 valence electrons. The molecule has 0 aliphatic heterocycles. The smallest absolute Gasteiger partial charge is 0.271 e. The molecule has 4 nitrogen and oxygen atoms in total. The molecule has 0 unspecified atom stereocenters. The maximum atomic E-state index is 13.1. The van der Waals surface area contributed by atoms with Crippen LogP contribution in [0.3, 0.4) is 0 Å². The Morgan fingerprint density at radius 3 is 2.33 bits per heavy atom. The number of hydrogen-bond acceptors (Lipinski definition) is 3. The molecule has 0 spiro atoms. The molecule has 0 radical (unpaired) electrons. The Kier molecular flexibility index (Phi) is 4.32. The average Bonchev–Trinajstić information content (AvgIpc) is 2.43. The van der Waals surface area contributed by atoms with Crippen molar-refractivity contribution < 1.29 is 18.1 Å². The molecule has 0 aliphatic carbocycles. The van der Waals surface area contributed by atoms with Gasteiger partial charge in [0.15, 0.2) is 17.5 Å². The second-order valence-corrected chi connectivity index (χ2v) is 4.56. The maximum Gasteiger partial charge on any atom is 0.271 e. The highest BCUT2D eigenvalue weighted by atomic mass is 35.5. The summed E-state index contributed by atoms with van der Waals surface area (Å²) in [6.07, 6.45) is 0. The van der Waals surface area contributed by atoms with Crippen LogP contribution < -0.4 is 5.32 Å². The van der Waals surface area contributed by atoms with Gasteiger partial charge in [-0.25, -0.2) is 13.2 Å². The molecule has 0 heterocycles. The summed E-state index contributed by atoms with van der Waals surface area (Å²) in [5.74, 6) is -4.17. The zero-order valence-electron chi connectivity index (χ0n) is 10.4. The van der Waals surface area contributed by atoms with Gasteiger partial charge in [-0.05, 0) is 23.8 Å². The van der Waals surface area contributed by atoms with Gasteiger partial charge in [0.05, 0.1) is 15.6 Å². The highest BCUT2D eigenvalue weighted by Gasteiger charge is 2.12. The second-order valence-electron chi connectivity index (χ2n) is 4.15. The fourth-order valence-corrected chi connectivity index (χ4v) is 1.85. The van der Waals surface area contributed by atoms with E-state index >= 15 is 0 Å². The topological polar surface area (TPSA) is 55.2 Å². The number of hydrogen-bond donors (Lipinski definition) is 1. The van der Waals surface area contributed by atoms with Crippen LogP contribution in [0.5, 0.6) is 0 Å². The lowest BCUT2D eigenvalue weighted by Crippen LogP contribution is -2.03. The van der Waals surface area contributed by atoms with E-state index < -0.39 is 22.4 Å². The largest absolute Gasteiger partial charge is 0.380 e. The molecule has 0 saturated carbocycles. The lowest BCUT2D eigenvalue weighted by molar-refractivity contribution is -0.384. The molecule has 2 rings (SSSR count). The predicted octanol–water partition coefficient (Wildman–Crippen LogP) is 4.28. The van der Waals surface area contributed by atoms with Crippen molar-refractivity contribution in [3.63, 3.8) is 0 Å². The maximum absolute atomic E-state index is 13.1. The second kappa shape index (κ2) is 6.01. The summed E-state index contributed by atoms with van der Waals surface area (Å²) in [6.45, 7) is -0.0744. The zero-order valence-corrected chi connectivity index (χ0v) is 11.1. The monoisotopic (exact) mass is 316 g/mol. The standard InChI is InChI=1S/C13H8ClF3N2O2/c14-9-2-1-8(19(20)21)5-12(9)18-6-7-3-10(15)13(17)11(16)4-7/h1-5,18H,6H2. The fourth-order valence-electron chi connectivity index (χ4n) is 1.67. The third kappa shape index (κ3) is 3.43. The fraction of sp³-hybridized carbons (Fsp3) is 0.0769. The third-order valence-electron chi connectivity index (χ3n) is 2.69. The van der Waals surface area contributed by atoms with Crippen LogP contribution in [0.4, 0.5) is 24.5 Å². The predicted molar refractivity (Wildman–Crippen MR) is 71.7 cm³/mol. The molecule has 0 saturated heterocycles. The first-order chi connectivity index (χ1) is 9.88. The van der Waals surface area contributed by atoms with Crippen molar-refractivity contribution in [1.82, 2.24) is 0 Å². The van der Waals surface area contributed by atoms with Crippen molar-refractivity contribution >= 4 is 23.0 Å². The number of nitro groups is 1. The van der Waals surface area contributed by atoms with Crippen LogP contribution in [0.15, 0.2) is 30.3 Å². The molecule has 21 heavy (non-hydrogen) atoms. The molecule has 0 bridgehead atoms. The minimum atomic E-state index is -1.55. The summed E-state index contributed by atoms with van der Waals surface area (Å²) in [6, 6.07) is 5.41. The van der Waals surface area contributed by atoms with Crippen LogP contribution in [-0.2, 0) is 6.54 Å². The Labute approximate surface area is 122 Å². The van der Waals surface area contributed by atoms with E-state index in [1.807, 2.05) is 0 Å². The molecule has 0 amide bonds. The van der Waals surface area contributed by atoms with Crippen LogP contribution in [0.1, 0.15) is 5.56 Å². The highest BCUT2D eigenvalue weighted by molar-refractivity contribution is 6.33. The van der Waals surface area contributed by atoms with E-state index in [1.165, 1.54) is 18.2 Å². The number of benzene rings is 2. The Morgan fingerprint density at radius 1 is 1.14 bits per heavy atom. The van der Waals surface area contributed by atoms with E-state index in [-0.39, 0.29) is 28.5 Å². The molecule has 2 aromatic rings. The first kappa shape index (κ1) is 15.1. The van der Waals surface area contributed by atoms with Crippen molar-refractivity contribution in [1.29, 1.82) is 0 Å². The molecule has 1 N–H and O–H groups in total. The first-order valence-electron chi connectivity index (χ1n) is 5.69. The number of nitrogens with zero attached hydrogens (tertiary/aromatic N) is 1. The van der Waals surface area contributed by atoms with Gasteiger partial charge in [0.2, 0.25) is 0 Å². The van der Waals surface area contributed by atoms with Gasteiger partial charge in [0.1, 0.15) is 0 Å². The van der Waals surface area contributed by atoms with E-state index in [4.69, 9.17) is 11.6 Å². The third-order valence-corrected chi connectivity index (χ3v) is 3.02. The first-order valence-corrected chi connectivity index (χ1v) is 6.07. The van der Waals surface area contributed by atoms with E-state index in [0.717, 1.165) is 12.1 Å². The van der Waals surface area contributed by atoms with Gasteiger partial charge in [-0.3, -0.25) is 10.1 Å². The van der Waals surface area contributed by atoms with E-state index in [2.05, 4.69) is 5.32 Å². The van der Waals surface area contributed by atoms with Gasteiger partial charge in [0, 0.05) is 18.7 Å². The molecule has 8 heteroatoms. The molecule has 0 fully saturated rings. The minimum absolute atomic E-state index is 0.0744. The van der Waals surface area contributed by atoms with Gasteiger partial charge in [-0.2, -0.15) is 0 Å². The van der Waals surface area contributed by atoms with Gasteiger partial charge < -0.3 is 5.32 Å². The summed E-state index contributed by atoms with van der Waals surface area (Å²) in [5.41, 5.74) is 0.184. The lowest BCUT2D eigenvalue weighted by atomic mass is 10.2. The molecular formula is C13H8ClF3N2O2. The summed E-state index contributed by atoms with van der Waals surface area (Å²) >= 11 is 5.86. The van der Waals surface area contributed by atoms with Crippen molar-refractivity contribution in [2.24, 2.45) is 0 Å². The summed E-state index contributed by atoms with van der Waals surface area (Å²) in [4.78, 5) is 10.1. The van der Waals surface area contributed by atoms with Crippen molar-refractivity contribution in [3.8, 4) is 0 Å². The van der Waals surface area contributed by atoms with Gasteiger partial charge >= 0.3 is 0 Å². The Bertz CT molecular complexity index is 687. The zero-order chi connectivity index (χ0) is 15.6. The molecular weight excluding hydrogens is 309 g/mol. The number of anilines is 1. The Balaban J connectivity index is 2.20. The number of nitro benzene ring substituents is 1. The van der Waals surface area contributed by atoms with E-state index in [0.29, 0.717) is 0 Å². The molecule has 0 aliphatic rings. The SMILES string of the molecule is O=[N+]([O-])c1ccc(Cl)c(NCc2cc(F)c(F)c(F)c2)c1. The van der Waals surface area contributed by atoms with E-state index in [9.17, 15) is 23.3 Å². The Hall–Kier alpha value is -2.28. The van der Waals surface area contributed by atoms with Gasteiger partial charge in [-0.1, -0.05) is 11.6 Å². The number of non-ortho nitro benzene ring substituents is 1. The van der Waals surface area contributed by atoms with Crippen molar-refractivity contribution in [3.05, 3.63) is 68.5 Å². The normalized spacial score (nSPS) is 10.5. The number of nitrogens with one attached hydrogen (secondary N) is 1. The summed E-state index contributed by atoms with van der Waals surface area (Å²) in [7, 11) is 0. The number of halogens is 4. The Morgan fingerprint density at radius 2 is 1.76 bits per heavy atom. The lowest BCUT2D eigenvalue weighted by Gasteiger charge is -2.09. The summed E-state index contributed by atoms with van der Waals surface area (Å²) < 4.78 is 38.9. The van der Waals surface area contributed by atoms with Crippen LogP contribution in [0.2, 0.25) is 5.02 Å². The molecule has 0 aromatic heterocycles. The van der Waals surface area contributed by atoms with Crippen LogP contribution in [0, 0.1) is 27.6 Å². The van der Waals surface area contributed by atoms with Gasteiger partial charge in [-0.15, -0.1) is 0 Å². The summed E-state index contributed by atoms with van der Waals surface area (Å²) in [5, 5.41) is 13.6. The van der Waals surface area contributed by atoms with E-state index in [1.54, 1.807) is 0 Å². The van der Waals surface area contributed by atoms with Crippen LogP contribution in [-0.4, -0.2) is 4.92 Å². The number of rotatable bonds is 4. The quantitative estimate of drug-likeness (QED) is 0.520. The minimum Gasteiger partial charge on any atom is -0.380 e. The van der Waals surface area contributed by atoms with Crippen LogP contribution in [0.25, 0.3) is 0 Å². The average molecular weight is 317 g/mol. The van der Waals surface area contributed by atoms with Crippen LogP contribution >= 0.6 is 11.6 Å². The van der Waals surface area contributed by atoms with Gasteiger partial charge in [0.25, 0.3) is 5.69 Å². The van der Waals surface area contributed by atoms with Crippen molar-refractivity contribution in [2.45, 2.75) is 6.54 Å². The molecule has 2 aromatic carbocycles. The highest BCUT2D eigenvalue weighted by Crippen LogP contribution is 2.27.